The molecule has 1 unspecified atom stereocenters. The van der Waals surface area contributed by atoms with E-state index >= 15 is 0 Å². The third kappa shape index (κ3) is 4.76. The second kappa shape index (κ2) is 8.72. The van der Waals surface area contributed by atoms with E-state index in [0.717, 1.165) is 44.2 Å². The van der Waals surface area contributed by atoms with Crippen LogP contribution in [0.3, 0.4) is 0 Å². The van der Waals surface area contributed by atoms with Crippen LogP contribution in [0.25, 0.3) is 0 Å². The highest BCUT2D eigenvalue weighted by Gasteiger charge is 2.26. The SMILES string of the molecule is COc1cccc(CN2CCN(C(=O)C(C)Oc3ccccc3)CC2)c1. The van der Waals surface area contributed by atoms with E-state index in [1.165, 1.54) is 5.56 Å². The molecular formula is C21H26N2O3. The average Bonchev–Trinajstić information content (AvgIpc) is 2.69. The van der Waals surface area contributed by atoms with Crippen LogP contribution in [-0.2, 0) is 11.3 Å². The Labute approximate surface area is 155 Å². The van der Waals surface area contributed by atoms with Crippen molar-refractivity contribution in [2.45, 2.75) is 19.6 Å². The van der Waals surface area contributed by atoms with E-state index in [1.54, 1.807) is 7.11 Å². The van der Waals surface area contributed by atoms with E-state index in [2.05, 4.69) is 17.0 Å². The summed E-state index contributed by atoms with van der Waals surface area (Å²) in [4.78, 5) is 16.9. The Balaban J connectivity index is 1.48. The van der Waals surface area contributed by atoms with Crippen LogP contribution >= 0.6 is 0 Å². The first-order valence-electron chi connectivity index (χ1n) is 9.01. The van der Waals surface area contributed by atoms with Crippen molar-refractivity contribution in [3.05, 3.63) is 60.2 Å². The number of piperazine rings is 1. The molecule has 0 aromatic heterocycles. The van der Waals surface area contributed by atoms with Crippen LogP contribution < -0.4 is 9.47 Å². The maximum atomic E-state index is 12.6. The summed E-state index contributed by atoms with van der Waals surface area (Å²) < 4.78 is 11.0. The van der Waals surface area contributed by atoms with Gasteiger partial charge in [0, 0.05) is 32.7 Å². The van der Waals surface area contributed by atoms with Gasteiger partial charge in [0.25, 0.3) is 5.91 Å². The number of nitrogens with zero attached hydrogens (tertiary/aromatic N) is 2. The summed E-state index contributed by atoms with van der Waals surface area (Å²) in [7, 11) is 1.68. The number of rotatable bonds is 6. The van der Waals surface area contributed by atoms with Gasteiger partial charge < -0.3 is 14.4 Å². The Bertz CT molecular complexity index is 712. The lowest BCUT2D eigenvalue weighted by Gasteiger charge is -2.35. The number of carbonyl (C=O) groups excluding carboxylic acids is 1. The molecule has 2 aromatic rings. The Kier molecular flexibility index (Phi) is 6.12. The van der Waals surface area contributed by atoms with Crippen molar-refractivity contribution in [2.24, 2.45) is 0 Å². The number of methoxy groups -OCH3 is 1. The highest BCUT2D eigenvalue weighted by atomic mass is 16.5. The van der Waals surface area contributed by atoms with Crippen molar-refractivity contribution < 1.29 is 14.3 Å². The molecule has 0 N–H and O–H groups in total. The minimum absolute atomic E-state index is 0.0508. The Hall–Kier alpha value is -2.53. The maximum Gasteiger partial charge on any atom is 0.263 e. The smallest absolute Gasteiger partial charge is 0.263 e. The van der Waals surface area contributed by atoms with Gasteiger partial charge in [-0.3, -0.25) is 9.69 Å². The molecule has 0 bridgehead atoms. The molecule has 0 radical (unpaired) electrons. The first-order valence-corrected chi connectivity index (χ1v) is 9.01. The monoisotopic (exact) mass is 354 g/mol. The van der Waals surface area contributed by atoms with Crippen LogP contribution in [0.5, 0.6) is 11.5 Å². The van der Waals surface area contributed by atoms with E-state index in [1.807, 2.05) is 54.3 Å². The molecule has 0 saturated carbocycles. The molecule has 0 aliphatic carbocycles. The summed E-state index contributed by atoms with van der Waals surface area (Å²) >= 11 is 0. The first-order chi connectivity index (χ1) is 12.7. The van der Waals surface area contributed by atoms with Gasteiger partial charge in [-0.25, -0.2) is 0 Å². The molecule has 1 fully saturated rings. The number of hydrogen-bond acceptors (Lipinski definition) is 4. The predicted molar refractivity (Wildman–Crippen MR) is 101 cm³/mol. The van der Waals surface area contributed by atoms with Gasteiger partial charge in [0.05, 0.1) is 7.11 Å². The molecule has 0 spiro atoms. The zero-order valence-electron chi connectivity index (χ0n) is 15.4. The lowest BCUT2D eigenvalue weighted by Crippen LogP contribution is -2.51. The molecule has 5 nitrogen and oxygen atoms in total. The van der Waals surface area contributed by atoms with Gasteiger partial charge in [-0.15, -0.1) is 0 Å². The third-order valence-corrected chi connectivity index (χ3v) is 4.63. The molecule has 1 amide bonds. The summed E-state index contributed by atoms with van der Waals surface area (Å²) in [5.74, 6) is 1.66. The predicted octanol–water partition coefficient (Wildman–Crippen LogP) is 2.81. The van der Waals surface area contributed by atoms with Crippen LogP contribution in [0.15, 0.2) is 54.6 Å². The van der Waals surface area contributed by atoms with Crippen LogP contribution in [-0.4, -0.2) is 55.1 Å². The summed E-state index contributed by atoms with van der Waals surface area (Å²) in [5.41, 5.74) is 1.23. The van der Waals surface area contributed by atoms with Gasteiger partial charge in [-0.1, -0.05) is 30.3 Å². The van der Waals surface area contributed by atoms with Gasteiger partial charge in [-0.05, 0) is 36.8 Å². The van der Waals surface area contributed by atoms with E-state index in [4.69, 9.17) is 9.47 Å². The second-order valence-electron chi connectivity index (χ2n) is 6.53. The summed E-state index contributed by atoms with van der Waals surface area (Å²) in [6, 6.07) is 17.6. The molecule has 3 rings (SSSR count). The molecular weight excluding hydrogens is 328 g/mol. The van der Waals surface area contributed by atoms with Crippen molar-refractivity contribution in [1.29, 1.82) is 0 Å². The standard InChI is InChI=1S/C21H26N2O3/c1-17(26-19-8-4-3-5-9-19)21(24)23-13-11-22(12-14-23)16-18-7-6-10-20(15-18)25-2/h3-10,15,17H,11-14,16H2,1-2H3. The Morgan fingerprint density at radius 2 is 1.69 bits per heavy atom. The van der Waals surface area contributed by atoms with E-state index in [9.17, 15) is 4.79 Å². The van der Waals surface area contributed by atoms with Crippen LogP contribution in [0.2, 0.25) is 0 Å². The van der Waals surface area contributed by atoms with Gasteiger partial charge in [0.15, 0.2) is 6.10 Å². The Morgan fingerprint density at radius 3 is 2.38 bits per heavy atom. The van der Waals surface area contributed by atoms with Gasteiger partial charge >= 0.3 is 0 Å². The number of carbonyl (C=O) groups is 1. The topological polar surface area (TPSA) is 42.0 Å². The van der Waals surface area contributed by atoms with E-state index in [0.29, 0.717) is 0 Å². The van der Waals surface area contributed by atoms with Crippen LogP contribution in [0.4, 0.5) is 0 Å². The Morgan fingerprint density at radius 1 is 1.00 bits per heavy atom. The molecule has 1 atom stereocenters. The van der Waals surface area contributed by atoms with E-state index < -0.39 is 6.10 Å². The first kappa shape index (κ1) is 18.3. The molecule has 26 heavy (non-hydrogen) atoms. The minimum atomic E-state index is -0.470. The highest BCUT2D eigenvalue weighted by molar-refractivity contribution is 5.81. The molecule has 2 aromatic carbocycles. The van der Waals surface area contributed by atoms with Gasteiger partial charge in [0.1, 0.15) is 11.5 Å². The zero-order chi connectivity index (χ0) is 18.4. The maximum absolute atomic E-state index is 12.6. The number of ether oxygens (including phenoxy) is 2. The van der Waals surface area contributed by atoms with E-state index in [-0.39, 0.29) is 5.91 Å². The number of amides is 1. The van der Waals surface area contributed by atoms with Crippen LogP contribution in [0, 0.1) is 0 Å². The van der Waals surface area contributed by atoms with Gasteiger partial charge in [0.2, 0.25) is 0 Å². The molecule has 5 heteroatoms. The fraction of sp³-hybridized carbons (Fsp3) is 0.381. The summed E-state index contributed by atoms with van der Waals surface area (Å²) in [6.45, 7) is 5.87. The number of para-hydroxylation sites is 1. The molecule has 138 valence electrons. The highest BCUT2D eigenvalue weighted by Crippen LogP contribution is 2.16. The molecule has 1 aliphatic heterocycles. The summed E-state index contributed by atoms with van der Waals surface area (Å²) in [6.07, 6.45) is -0.470. The lowest BCUT2D eigenvalue weighted by molar-refractivity contribution is -0.139. The van der Waals surface area contributed by atoms with Crippen molar-refractivity contribution >= 4 is 5.91 Å². The molecule has 1 heterocycles. The average molecular weight is 354 g/mol. The fourth-order valence-electron chi connectivity index (χ4n) is 3.17. The molecule has 1 aliphatic rings. The van der Waals surface area contributed by atoms with Crippen molar-refractivity contribution in [3.63, 3.8) is 0 Å². The van der Waals surface area contributed by atoms with Crippen molar-refractivity contribution in [3.8, 4) is 11.5 Å². The van der Waals surface area contributed by atoms with Crippen LogP contribution in [0.1, 0.15) is 12.5 Å². The largest absolute Gasteiger partial charge is 0.497 e. The normalized spacial score (nSPS) is 16.2. The van der Waals surface area contributed by atoms with Crippen molar-refractivity contribution in [2.75, 3.05) is 33.3 Å². The zero-order valence-corrected chi connectivity index (χ0v) is 15.4. The van der Waals surface area contributed by atoms with Crippen molar-refractivity contribution in [1.82, 2.24) is 9.80 Å². The number of hydrogen-bond donors (Lipinski definition) is 0. The summed E-state index contributed by atoms with van der Waals surface area (Å²) in [5, 5.41) is 0. The minimum Gasteiger partial charge on any atom is -0.497 e. The molecule has 1 saturated heterocycles. The quantitative estimate of drug-likeness (QED) is 0.800. The number of benzene rings is 2. The third-order valence-electron chi connectivity index (χ3n) is 4.63. The van der Waals surface area contributed by atoms with Gasteiger partial charge in [-0.2, -0.15) is 0 Å². The fourth-order valence-corrected chi connectivity index (χ4v) is 3.17. The lowest BCUT2D eigenvalue weighted by atomic mass is 10.2. The second-order valence-corrected chi connectivity index (χ2v) is 6.53.